The second-order valence-corrected chi connectivity index (χ2v) is 5.36. The van der Waals surface area contributed by atoms with Crippen LogP contribution in [0.4, 0.5) is 0 Å². The van der Waals surface area contributed by atoms with E-state index in [1.165, 1.54) is 18.6 Å². The predicted molar refractivity (Wildman–Crippen MR) is 64.0 cm³/mol. The summed E-state index contributed by atoms with van der Waals surface area (Å²) >= 11 is 0. The first-order valence-electron chi connectivity index (χ1n) is 5.24. The third-order valence-corrected chi connectivity index (χ3v) is 3.79. The van der Waals surface area contributed by atoms with E-state index in [0.717, 1.165) is 5.56 Å². The highest BCUT2D eigenvalue weighted by atomic mass is 32.2. The number of hydrogen-bond donors (Lipinski definition) is 1. The van der Waals surface area contributed by atoms with Crippen LogP contribution in [-0.4, -0.2) is 15.0 Å². The summed E-state index contributed by atoms with van der Waals surface area (Å²) < 4.78 is 30.7. The molecule has 2 rings (SSSR count). The fourth-order valence-electron chi connectivity index (χ4n) is 1.46. The number of nitrogens with one attached hydrogen (secondary N) is 1. The fourth-order valence-corrected chi connectivity index (χ4v) is 2.42. The molecule has 2 aromatic rings. The van der Waals surface area contributed by atoms with Gasteiger partial charge < -0.3 is 4.42 Å². The summed E-state index contributed by atoms with van der Waals surface area (Å²) in [4.78, 5) is 0.158. The molecule has 1 aromatic carbocycles. The first kappa shape index (κ1) is 11.9. The first-order valence-corrected chi connectivity index (χ1v) is 6.72. The van der Waals surface area contributed by atoms with Crippen molar-refractivity contribution in [1.82, 2.24) is 4.72 Å². The fraction of sp³-hybridized carbons (Fsp3) is 0.167. The Hall–Kier alpha value is -1.59. The van der Waals surface area contributed by atoms with E-state index in [-0.39, 0.29) is 4.90 Å². The first-order chi connectivity index (χ1) is 8.18. The highest BCUT2D eigenvalue weighted by molar-refractivity contribution is 7.89. The van der Waals surface area contributed by atoms with E-state index in [2.05, 4.69) is 4.72 Å². The van der Waals surface area contributed by atoms with Crippen molar-refractivity contribution >= 4 is 10.0 Å². The molecule has 0 spiro atoms. The SMILES string of the molecule is O=S(=O)(NCCc1ccccc1)c1ccoc1. The standard InChI is InChI=1S/C12H13NO3S/c14-17(15,12-7-9-16-10-12)13-8-6-11-4-2-1-3-5-11/h1-5,7,9-10,13H,6,8H2. The van der Waals surface area contributed by atoms with Gasteiger partial charge in [0.25, 0.3) is 0 Å². The normalized spacial score (nSPS) is 11.5. The Morgan fingerprint density at radius 3 is 2.53 bits per heavy atom. The van der Waals surface area contributed by atoms with E-state index in [1.54, 1.807) is 0 Å². The smallest absolute Gasteiger partial charge is 0.243 e. The Labute approximate surface area is 100 Å². The molecule has 0 fully saturated rings. The van der Waals surface area contributed by atoms with Crippen molar-refractivity contribution in [3.05, 3.63) is 54.5 Å². The van der Waals surface area contributed by atoms with Crippen LogP contribution in [-0.2, 0) is 16.4 Å². The Morgan fingerprint density at radius 2 is 1.88 bits per heavy atom. The number of sulfonamides is 1. The van der Waals surface area contributed by atoms with E-state index in [9.17, 15) is 8.42 Å². The molecule has 0 radical (unpaired) electrons. The molecule has 4 nitrogen and oxygen atoms in total. The van der Waals surface area contributed by atoms with Gasteiger partial charge in [-0.05, 0) is 18.1 Å². The van der Waals surface area contributed by atoms with Crippen molar-refractivity contribution in [2.75, 3.05) is 6.54 Å². The van der Waals surface area contributed by atoms with E-state index in [0.29, 0.717) is 13.0 Å². The molecular weight excluding hydrogens is 238 g/mol. The number of furan rings is 1. The largest absolute Gasteiger partial charge is 0.471 e. The van der Waals surface area contributed by atoms with Crippen LogP contribution >= 0.6 is 0 Å². The lowest BCUT2D eigenvalue weighted by atomic mass is 10.2. The van der Waals surface area contributed by atoms with Crippen LogP contribution in [0.3, 0.4) is 0 Å². The average Bonchev–Trinajstić information content (AvgIpc) is 2.84. The summed E-state index contributed by atoms with van der Waals surface area (Å²) in [6.45, 7) is 0.373. The van der Waals surface area contributed by atoms with Crippen molar-refractivity contribution in [2.45, 2.75) is 11.3 Å². The van der Waals surface area contributed by atoms with Gasteiger partial charge in [0, 0.05) is 6.54 Å². The van der Waals surface area contributed by atoms with E-state index in [4.69, 9.17) is 4.42 Å². The van der Waals surface area contributed by atoms with Crippen molar-refractivity contribution in [3.8, 4) is 0 Å². The van der Waals surface area contributed by atoms with Gasteiger partial charge in [0.1, 0.15) is 11.2 Å². The molecule has 1 aromatic heterocycles. The molecule has 0 saturated heterocycles. The lowest BCUT2D eigenvalue weighted by Crippen LogP contribution is -2.25. The quantitative estimate of drug-likeness (QED) is 0.881. The minimum Gasteiger partial charge on any atom is -0.471 e. The van der Waals surface area contributed by atoms with Crippen LogP contribution in [0.25, 0.3) is 0 Å². The van der Waals surface area contributed by atoms with Crippen LogP contribution in [0, 0.1) is 0 Å². The molecule has 0 saturated carbocycles. The summed E-state index contributed by atoms with van der Waals surface area (Å²) in [7, 11) is -3.43. The van der Waals surface area contributed by atoms with Crippen LogP contribution in [0.2, 0.25) is 0 Å². The molecule has 0 unspecified atom stereocenters. The van der Waals surface area contributed by atoms with Gasteiger partial charge in [0.05, 0.1) is 6.26 Å². The number of hydrogen-bond acceptors (Lipinski definition) is 3. The molecule has 0 aliphatic carbocycles. The lowest BCUT2D eigenvalue weighted by molar-refractivity contribution is 0.553. The van der Waals surface area contributed by atoms with Gasteiger partial charge >= 0.3 is 0 Å². The molecule has 0 amide bonds. The summed E-state index contributed by atoms with van der Waals surface area (Å²) in [5.74, 6) is 0. The van der Waals surface area contributed by atoms with Gasteiger partial charge in [0.15, 0.2) is 0 Å². The summed E-state index contributed by atoms with van der Waals surface area (Å²) in [6.07, 6.45) is 3.22. The third-order valence-electron chi connectivity index (χ3n) is 2.35. The molecule has 1 N–H and O–H groups in total. The zero-order chi connectivity index (χ0) is 12.1. The van der Waals surface area contributed by atoms with Crippen LogP contribution in [0.1, 0.15) is 5.56 Å². The Morgan fingerprint density at radius 1 is 1.12 bits per heavy atom. The van der Waals surface area contributed by atoms with E-state index < -0.39 is 10.0 Å². The summed E-state index contributed by atoms with van der Waals surface area (Å²) in [6, 6.07) is 11.1. The molecule has 90 valence electrons. The maximum absolute atomic E-state index is 11.7. The van der Waals surface area contributed by atoms with Crippen molar-refractivity contribution in [2.24, 2.45) is 0 Å². The molecular formula is C12H13NO3S. The van der Waals surface area contributed by atoms with Crippen molar-refractivity contribution in [1.29, 1.82) is 0 Å². The highest BCUT2D eigenvalue weighted by Gasteiger charge is 2.13. The van der Waals surface area contributed by atoms with Gasteiger partial charge in [-0.1, -0.05) is 30.3 Å². The van der Waals surface area contributed by atoms with E-state index >= 15 is 0 Å². The summed E-state index contributed by atoms with van der Waals surface area (Å²) in [5.41, 5.74) is 1.10. The second kappa shape index (κ2) is 5.16. The van der Waals surface area contributed by atoms with Gasteiger partial charge in [-0.2, -0.15) is 0 Å². The molecule has 17 heavy (non-hydrogen) atoms. The Bertz CT molecular complexity index is 547. The molecule has 1 heterocycles. The molecule has 5 heteroatoms. The van der Waals surface area contributed by atoms with Gasteiger partial charge in [-0.15, -0.1) is 0 Å². The van der Waals surface area contributed by atoms with Crippen molar-refractivity contribution in [3.63, 3.8) is 0 Å². The molecule has 0 aliphatic rings. The predicted octanol–water partition coefficient (Wildman–Crippen LogP) is 1.80. The van der Waals surface area contributed by atoms with Crippen molar-refractivity contribution < 1.29 is 12.8 Å². The average molecular weight is 251 g/mol. The van der Waals surface area contributed by atoms with Crippen LogP contribution < -0.4 is 4.72 Å². The molecule has 0 aliphatic heterocycles. The van der Waals surface area contributed by atoms with Gasteiger partial charge in [-0.25, -0.2) is 13.1 Å². The maximum atomic E-state index is 11.7. The third kappa shape index (κ3) is 3.18. The topological polar surface area (TPSA) is 59.3 Å². The maximum Gasteiger partial charge on any atom is 0.243 e. The lowest BCUT2D eigenvalue weighted by Gasteiger charge is -2.04. The zero-order valence-electron chi connectivity index (χ0n) is 9.17. The Kier molecular flexibility index (Phi) is 3.61. The van der Waals surface area contributed by atoms with Crippen LogP contribution in [0.15, 0.2) is 58.2 Å². The zero-order valence-corrected chi connectivity index (χ0v) is 9.98. The van der Waals surface area contributed by atoms with Gasteiger partial charge in [-0.3, -0.25) is 0 Å². The van der Waals surface area contributed by atoms with Gasteiger partial charge in [0.2, 0.25) is 10.0 Å². The second-order valence-electron chi connectivity index (χ2n) is 3.59. The number of benzene rings is 1. The minimum atomic E-state index is -3.43. The monoisotopic (exact) mass is 251 g/mol. The van der Waals surface area contributed by atoms with Crippen LogP contribution in [0.5, 0.6) is 0 Å². The Balaban J connectivity index is 1.91. The summed E-state index contributed by atoms with van der Waals surface area (Å²) in [5, 5.41) is 0. The number of rotatable bonds is 5. The minimum absolute atomic E-state index is 0.158. The molecule has 0 atom stereocenters. The molecule has 0 bridgehead atoms. The van der Waals surface area contributed by atoms with E-state index in [1.807, 2.05) is 30.3 Å². The highest BCUT2D eigenvalue weighted by Crippen LogP contribution is 2.08.